The summed E-state index contributed by atoms with van der Waals surface area (Å²) in [4.78, 5) is -0.280. The van der Waals surface area contributed by atoms with Crippen LogP contribution < -0.4 is 0 Å². The summed E-state index contributed by atoms with van der Waals surface area (Å²) >= 11 is 0. The normalized spacial score (nSPS) is 13.1. The van der Waals surface area contributed by atoms with Gasteiger partial charge in [0.1, 0.15) is 0 Å². The van der Waals surface area contributed by atoms with Gasteiger partial charge in [-0.3, -0.25) is 0 Å². The van der Waals surface area contributed by atoms with E-state index in [1.165, 1.54) is 16.8 Å². The van der Waals surface area contributed by atoms with Crippen molar-refractivity contribution in [3.63, 3.8) is 0 Å². The Labute approximate surface area is 102 Å². The number of rotatable bonds is 2. The van der Waals surface area contributed by atoms with Gasteiger partial charge in [-0.15, -0.1) is 0 Å². The Bertz CT molecular complexity index is 686. The van der Waals surface area contributed by atoms with Crippen LogP contribution in [0.1, 0.15) is 0 Å². The predicted octanol–water partition coefficient (Wildman–Crippen LogP) is 2.51. The molecule has 0 saturated heterocycles. The predicted molar refractivity (Wildman–Crippen MR) is 61.0 cm³/mol. The molecule has 0 atom stereocenters. The molecule has 1 aromatic heterocycles. The lowest BCUT2D eigenvalue weighted by atomic mass is 10.2. The topological polar surface area (TPSA) is 39.1 Å². The number of nitrogens with zero attached hydrogens (tertiary/aromatic N) is 1. The molecular weight excluding hydrogens is 267 g/mol. The molecule has 0 amide bonds. The SMILES string of the molecule is Cn1cc(S(=O)(=O)CC(F)(F)F)c2ccccc21. The van der Waals surface area contributed by atoms with Gasteiger partial charge in [0.2, 0.25) is 0 Å². The number of alkyl halides is 3. The average molecular weight is 277 g/mol. The van der Waals surface area contributed by atoms with Crippen LogP contribution in [0.25, 0.3) is 10.9 Å². The van der Waals surface area contributed by atoms with Crippen molar-refractivity contribution in [2.24, 2.45) is 7.05 Å². The second-order valence-electron chi connectivity index (χ2n) is 4.00. The number of benzene rings is 1. The van der Waals surface area contributed by atoms with Gasteiger partial charge >= 0.3 is 6.18 Å². The summed E-state index contributed by atoms with van der Waals surface area (Å²) in [7, 11) is -2.78. The summed E-state index contributed by atoms with van der Waals surface area (Å²) in [5.74, 6) is -1.84. The number of aryl methyl sites for hydroxylation is 1. The van der Waals surface area contributed by atoms with Crippen molar-refractivity contribution in [3.8, 4) is 0 Å². The minimum Gasteiger partial charge on any atom is -0.349 e. The second kappa shape index (κ2) is 4.01. The first-order chi connectivity index (χ1) is 8.21. The first-order valence-corrected chi connectivity index (χ1v) is 6.69. The molecule has 0 fully saturated rings. The third-order valence-corrected chi connectivity index (χ3v) is 4.25. The van der Waals surface area contributed by atoms with Gasteiger partial charge in [0, 0.05) is 24.1 Å². The summed E-state index contributed by atoms with van der Waals surface area (Å²) in [6.45, 7) is 0. The highest BCUT2D eigenvalue weighted by molar-refractivity contribution is 7.91. The number of sulfone groups is 1. The molecule has 0 radical (unpaired) electrons. The number of hydrogen-bond acceptors (Lipinski definition) is 2. The van der Waals surface area contributed by atoms with E-state index >= 15 is 0 Å². The molecule has 0 aliphatic heterocycles. The van der Waals surface area contributed by atoms with Crippen LogP contribution in [-0.2, 0) is 16.9 Å². The maximum Gasteiger partial charge on any atom is 0.403 e. The molecule has 3 nitrogen and oxygen atoms in total. The molecule has 98 valence electrons. The Hall–Kier alpha value is -1.50. The fourth-order valence-electron chi connectivity index (χ4n) is 1.85. The minimum absolute atomic E-state index is 0.280. The Morgan fingerprint density at radius 1 is 1.22 bits per heavy atom. The fourth-order valence-corrected chi connectivity index (χ4v) is 3.26. The summed E-state index contributed by atoms with van der Waals surface area (Å²) in [6.07, 6.45) is -3.53. The summed E-state index contributed by atoms with van der Waals surface area (Å²) in [5.41, 5.74) is 0.582. The number of para-hydroxylation sites is 1. The molecule has 1 heterocycles. The maximum absolute atomic E-state index is 12.3. The molecule has 1 aromatic carbocycles. The third kappa shape index (κ3) is 2.35. The molecular formula is C11H10F3NO2S. The summed E-state index contributed by atoms with van der Waals surface area (Å²) < 4.78 is 61.8. The van der Waals surface area contributed by atoms with Gasteiger partial charge in [-0.2, -0.15) is 13.2 Å². The second-order valence-corrected chi connectivity index (χ2v) is 5.95. The van der Waals surface area contributed by atoms with Crippen molar-refractivity contribution in [1.29, 1.82) is 0 Å². The van der Waals surface area contributed by atoms with Crippen molar-refractivity contribution in [3.05, 3.63) is 30.5 Å². The molecule has 0 bridgehead atoms. The van der Waals surface area contributed by atoms with Crippen LogP contribution in [-0.4, -0.2) is 24.9 Å². The van der Waals surface area contributed by atoms with Gasteiger partial charge in [-0.1, -0.05) is 18.2 Å². The van der Waals surface area contributed by atoms with Crippen LogP contribution in [0.2, 0.25) is 0 Å². The van der Waals surface area contributed by atoms with Crippen LogP contribution >= 0.6 is 0 Å². The fraction of sp³-hybridized carbons (Fsp3) is 0.273. The van der Waals surface area contributed by atoms with Crippen molar-refractivity contribution < 1.29 is 21.6 Å². The van der Waals surface area contributed by atoms with Gasteiger partial charge < -0.3 is 4.57 Å². The van der Waals surface area contributed by atoms with Gasteiger partial charge in [0.05, 0.1) is 4.90 Å². The molecule has 0 N–H and O–H groups in total. The largest absolute Gasteiger partial charge is 0.403 e. The van der Waals surface area contributed by atoms with Crippen LogP contribution in [0.4, 0.5) is 13.2 Å². The van der Waals surface area contributed by atoms with Crippen molar-refractivity contribution in [2.75, 3.05) is 5.75 Å². The van der Waals surface area contributed by atoms with Gasteiger partial charge in [0.15, 0.2) is 15.6 Å². The van der Waals surface area contributed by atoms with E-state index in [0.29, 0.717) is 10.9 Å². The molecule has 7 heteroatoms. The Balaban J connectivity index is 2.62. The quantitative estimate of drug-likeness (QED) is 0.846. The molecule has 0 unspecified atom stereocenters. The van der Waals surface area contributed by atoms with Gasteiger partial charge in [-0.25, -0.2) is 8.42 Å². The van der Waals surface area contributed by atoms with Crippen LogP contribution in [0.15, 0.2) is 35.4 Å². The lowest BCUT2D eigenvalue weighted by molar-refractivity contribution is -0.106. The molecule has 0 saturated carbocycles. The summed E-state index contributed by atoms with van der Waals surface area (Å²) in [6, 6.07) is 6.44. The minimum atomic E-state index is -4.74. The number of halogens is 3. The number of hydrogen-bond donors (Lipinski definition) is 0. The zero-order chi connectivity index (χ0) is 13.6. The van der Waals surface area contributed by atoms with E-state index < -0.39 is 21.8 Å². The zero-order valence-corrected chi connectivity index (χ0v) is 10.2. The summed E-state index contributed by atoms with van der Waals surface area (Å²) in [5, 5.41) is 0.309. The van der Waals surface area contributed by atoms with Crippen molar-refractivity contribution in [2.45, 2.75) is 11.1 Å². The van der Waals surface area contributed by atoms with E-state index in [1.54, 1.807) is 25.2 Å². The van der Waals surface area contributed by atoms with E-state index in [0.717, 1.165) is 0 Å². The van der Waals surface area contributed by atoms with Gasteiger partial charge in [-0.05, 0) is 6.07 Å². The van der Waals surface area contributed by atoms with Crippen molar-refractivity contribution >= 4 is 20.7 Å². The highest BCUT2D eigenvalue weighted by Gasteiger charge is 2.37. The molecule has 18 heavy (non-hydrogen) atoms. The van der Waals surface area contributed by atoms with E-state index in [1.807, 2.05) is 0 Å². The van der Waals surface area contributed by atoms with Crippen molar-refractivity contribution in [1.82, 2.24) is 4.57 Å². The molecule has 0 spiro atoms. The Morgan fingerprint density at radius 2 is 1.83 bits per heavy atom. The van der Waals surface area contributed by atoms with E-state index in [2.05, 4.69) is 0 Å². The third-order valence-electron chi connectivity index (χ3n) is 2.55. The Morgan fingerprint density at radius 3 is 2.44 bits per heavy atom. The first-order valence-electron chi connectivity index (χ1n) is 5.04. The van der Waals surface area contributed by atoms with E-state index in [9.17, 15) is 21.6 Å². The lowest BCUT2D eigenvalue weighted by Gasteiger charge is -2.06. The smallest absolute Gasteiger partial charge is 0.349 e. The maximum atomic E-state index is 12.3. The molecule has 0 aliphatic rings. The average Bonchev–Trinajstić information content (AvgIpc) is 2.54. The standard InChI is InChI=1S/C11H10F3NO2S/c1-15-6-10(8-4-2-3-5-9(8)15)18(16,17)7-11(12,13)14/h2-6H,7H2,1H3. The molecule has 0 aliphatic carbocycles. The van der Waals surface area contributed by atoms with Crippen LogP contribution in [0.3, 0.4) is 0 Å². The lowest BCUT2D eigenvalue weighted by Crippen LogP contribution is -2.22. The Kier molecular flexibility index (Phi) is 2.89. The molecule has 2 rings (SSSR count). The van der Waals surface area contributed by atoms with Gasteiger partial charge in [0.25, 0.3) is 0 Å². The van der Waals surface area contributed by atoms with Crippen LogP contribution in [0.5, 0.6) is 0 Å². The number of aromatic nitrogens is 1. The van der Waals surface area contributed by atoms with Crippen LogP contribution in [0, 0.1) is 0 Å². The van der Waals surface area contributed by atoms with E-state index in [-0.39, 0.29) is 4.90 Å². The van der Waals surface area contributed by atoms with E-state index in [4.69, 9.17) is 0 Å². The first kappa shape index (κ1) is 12.9. The molecule has 2 aromatic rings. The highest BCUT2D eigenvalue weighted by atomic mass is 32.2. The zero-order valence-electron chi connectivity index (χ0n) is 9.40. The monoisotopic (exact) mass is 277 g/mol. The number of fused-ring (bicyclic) bond motifs is 1. The highest BCUT2D eigenvalue weighted by Crippen LogP contribution is 2.29.